The number of carbonyl (C=O) groups excluding carboxylic acids is 1. The van der Waals surface area contributed by atoms with Gasteiger partial charge in [-0.15, -0.1) is 0 Å². The molecular weight excluding hydrogens is 221 g/mol. The van der Waals surface area contributed by atoms with Crippen LogP contribution in [0.4, 0.5) is 13.2 Å². The summed E-state index contributed by atoms with van der Waals surface area (Å²) in [4.78, 5) is 11.4. The molecule has 16 heavy (non-hydrogen) atoms. The zero-order valence-electron chi connectivity index (χ0n) is 10.1. The topological polar surface area (TPSA) is 26.3 Å². The molecule has 0 spiro atoms. The summed E-state index contributed by atoms with van der Waals surface area (Å²) in [6.07, 6.45) is -4.29. The van der Waals surface area contributed by atoms with E-state index < -0.39 is 17.6 Å². The van der Waals surface area contributed by atoms with Crippen molar-refractivity contribution < 1.29 is 22.7 Å². The van der Waals surface area contributed by atoms with Crippen molar-refractivity contribution in [2.75, 3.05) is 6.61 Å². The van der Waals surface area contributed by atoms with E-state index >= 15 is 0 Å². The molecule has 0 amide bonds. The van der Waals surface area contributed by atoms with Gasteiger partial charge in [-0.2, -0.15) is 13.2 Å². The molecule has 0 saturated heterocycles. The molecule has 0 bridgehead atoms. The quantitative estimate of drug-likeness (QED) is 0.687. The lowest BCUT2D eigenvalue weighted by atomic mass is 9.87. The average molecular weight is 240 g/mol. The Labute approximate surface area is 94.2 Å². The lowest BCUT2D eigenvalue weighted by Crippen LogP contribution is -2.43. The van der Waals surface area contributed by atoms with E-state index in [1.165, 1.54) is 6.92 Å². The third-order valence-electron chi connectivity index (χ3n) is 2.71. The molecule has 0 aromatic carbocycles. The van der Waals surface area contributed by atoms with E-state index in [1.807, 2.05) is 13.8 Å². The highest BCUT2D eigenvalue weighted by Gasteiger charge is 2.56. The van der Waals surface area contributed by atoms with Crippen LogP contribution >= 0.6 is 0 Å². The van der Waals surface area contributed by atoms with Gasteiger partial charge in [-0.1, -0.05) is 20.8 Å². The molecule has 0 saturated carbocycles. The van der Waals surface area contributed by atoms with Gasteiger partial charge < -0.3 is 4.74 Å². The maximum Gasteiger partial charge on any atom is 0.404 e. The Kier molecular flexibility index (Phi) is 5.29. The van der Waals surface area contributed by atoms with Crippen LogP contribution in [0, 0.1) is 11.3 Å². The van der Waals surface area contributed by atoms with Gasteiger partial charge in [0.05, 0.1) is 6.61 Å². The summed E-state index contributed by atoms with van der Waals surface area (Å²) < 4.78 is 42.6. The molecule has 0 aliphatic rings. The van der Waals surface area contributed by atoms with Gasteiger partial charge in [-0.05, 0) is 25.7 Å². The van der Waals surface area contributed by atoms with Crippen LogP contribution in [-0.4, -0.2) is 18.8 Å². The van der Waals surface area contributed by atoms with E-state index in [1.54, 1.807) is 0 Å². The normalized spacial score (nSPS) is 16.0. The van der Waals surface area contributed by atoms with E-state index in [2.05, 4.69) is 4.74 Å². The average Bonchev–Trinajstić information content (AvgIpc) is 2.13. The van der Waals surface area contributed by atoms with E-state index in [9.17, 15) is 18.0 Å². The summed E-state index contributed by atoms with van der Waals surface area (Å²) >= 11 is 0. The molecule has 1 atom stereocenters. The molecule has 0 N–H and O–H groups in total. The zero-order chi connectivity index (χ0) is 13.0. The van der Waals surface area contributed by atoms with Crippen molar-refractivity contribution in [2.45, 2.75) is 46.7 Å². The molecule has 0 rings (SSSR count). The number of hydrogen-bond donors (Lipinski definition) is 0. The molecule has 5 heteroatoms. The highest BCUT2D eigenvalue weighted by Crippen LogP contribution is 2.41. The van der Waals surface area contributed by atoms with Gasteiger partial charge in [0, 0.05) is 0 Å². The predicted molar refractivity (Wildman–Crippen MR) is 54.9 cm³/mol. The fourth-order valence-electron chi connectivity index (χ4n) is 1.01. The Balaban J connectivity index is 4.44. The van der Waals surface area contributed by atoms with Gasteiger partial charge in [0.2, 0.25) is 0 Å². The summed E-state index contributed by atoms with van der Waals surface area (Å²) in [6, 6.07) is 0. The number of alkyl halides is 3. The predicted octanol–water partition coefficient (Wildman–Crippen LogP) is 3.55. The summed E-state index contributed by atoms with van der Waals surface area (Å²) in [5.74, 6) is -0.880. The van der Waals surface area contributed by atoms with Crippen molar-refractivity contribution in [3.8, 4) is 0 Å². The monoisotopic (exact) mass is 240 g/mol. The van der Waals surface area contributed by atoms with Crippen LogP contribution in [0.2, 0.25) is 0 Å². The Morgan fingerprint density at radius 2 is 1.81 bits per heavy atom. The second-order valence-corrected chi connectivity index (χ2v) is 4.50. The third-order valence-corrected chi connectivity index (χ3v) is 2.71. The third kappa shape index (κ3) is 3.68. The van der Waals surface area contributed by atoms with Crippen molar-refractivity contribution >= 4 is 5.97 Å². The molecule has 96 valence electrons. The first-order valence-corrected chi connectivity index (χ1v) is 5.39. The lowest BCUT2D eigenvalue weighted by Gasteiger charge is -2.28. The maximum absolute atomic E-state index is 12.6. The number of hydrogen-bond acceptors (Lipinski definition) is 2. The van der Waals surface area contributed by atoms with Gasteiger partial charge >= 0.3 is 12.1 Å². The van der Waals surface area contributed by atoms with E-state index in [-0.39, 0.29) is 13.0 Å². The number of carbonyl (C=O) groups is 1. The van der Waals surface area contributed by atoms with Crippen molar-refractivity contribution in [2.24, 2.45) is 11.3 Å². The fourth-order valence-corrected chi connectivity index (χ4v) is 1.01. The minimum Gasteiger partial charge on any atom is -0.465 e. The standard InChI is InChI=1S/C11H19F3O2/c1-5-10(4,11(12,13)14)9(15)16-7-6-8(2)3/h8H,5-7H2,1-4H3. The Hall–Kier alpha value is -0.740. The fraction of sp³-hybridized carbons (Fsp3) is 0.909. The SMILES string of the molecule is CCC(C)(C(=O)OCCC(C)C)C(F)(F)F. The first kappa shape index (κ1) is 15.3. The van der Waals surface area contributed by atoms with Gasteiger partial charge in [-0.25, -0.2) is 0 Å². The largest absolute Gasteiger partial charge is 0.465 e. The summed E-state index contributed by atoms with van der Waals surface area (Å²) in [6.45, 7) is 6.08. The molecule has 0 fully saturated rings. The molecule has 0 aliphatic heterocycles. The Bertz CT molecular complexity index is 236. The van der Waals surface area contributed by atoms with E-state index in [4.69, 9.17) is 0 Å². The van der Waals surface area contributed by atoms with Gasteiger partial charge in [-0.3, -0.25) is 4.79 Å². The Morgan fingerprint density at radius 3 is 2.12 bits per heavy atom. The molecule has 0 heterocycles. The van der Waals surface area contributed by atoms with Crippen LogP contribution in [0.1, 0.15) is 40.5 Å². The highest BCUT2D eigenvalue weighted by atomic mass is 19.4. The molecule has 0 aromatic rings. The first-order valence-electron chi connectivity index (χ1n) is 5.39. The van der Waals surface area contributed by atoms with Gasteiger partial charge in [0.15, 0.2) is 5.41 Å². The summed E-state index contributed by atoms with van der Waals surface area (Å²) in [5, 5.41) is 0. The maximum atomic E-state index is 12.6. The molecule has 2 nitrogen and oxygen atoms in total. The van der Waals surface area contributed by atoms with E-state index in [0.29, 0.717) is 12.3 Å². The van der Waals surface area contributed by atoms with Crippen molar-refractivity contribution in [3.05, 3.63) is 0 Å². The van der Waals surface area contributed by atoms with Crippen LogP contribution in [-0.2, 0) is 9.53 Å². The summed E-state index contributed by atoms with van der Waals surface area (Å²) in [5.41, 5.74) is -2.38. The van der Waals surface area contributed by atoms with Crippen LogP contribution in [0.25, 0.3) is 0 Å². The number of rotatable bonds is 5. The molecular formula is C11H19F3O2. The second-order valence-electron chi connectivity index (χ2n) is 4.50. The van der Waals surface area contributed by atoms with E-state index in [0.717, 1.165) is 6.92 Å². The molecule has 0 aromatic heterocycles. The summed E-state index contributed by atoms with van der Waals surface area (Å²) in [7, 11) is 0. The number of ether oxygens (including phenoxy) is 1. The first-order chi connectivity index (χ1) is 7.15. The molecule has 0 aliphatic carbocycles. The van der Waals surface area contributed by atoms with Crippen LogP contribution in [0.15, 0.2) is 0 Å². The minimum absolute atomic E-state index is 0.0438. The van der Waals surface area contributed by atoms with Crippen molar-refractivity contribution in [1.29, 1.82) is 0 Å². The number of esters is 1. The zero-order valence-corrected chi connectivity index (χ0v) is 10.1. The smallest absolute Gasteiger partial charge is 0.404 e. The lowest BCUT2D eigenvalue weighted by molar-refractivity contribution is -0.230. The van der Waals surface area contributed by atoms with Crippen LogP contribution < -0.4 is 0 Å². The minimum atomic E-state index is -4.56. The van der Waals surface area contributed by atoms with Gasteiger partial charge in [0.1, 0.15) is 0 Å². The van der Waals surface area contributed by atoms with Crippen molar-refractivity contribution in [1.82, 2.24) is 0 Å². The Morgan fingerprint density at radius 1 is 1.31 bits per heavy atom. The van der Waals surface area contributed by atoms with Gasteiger partial charge in [0.25, 0.3) is 0 Å². The second kappa shape index (κ2) is 5.55. The molecule has 1 unspecified atom stereocenters. The highest BCUT2D eigenvalue weighted by molar-refractivity contribution is 5.77. The van der Waals surface area contributed by atoms with Crippen LogP contribution in [0.3, 0.4) is 0 Å². The van der Waals surface area contributed by atoms with Crippen molar-refractivity contribution in [3.63, 3.8) is 0 Å². The van der Waals surface area contributed by atoms with Crippen LogP contribution in [0.5, 0.6) is 0 Å². The molecule has 0 radical (unpaired) electrons. The number of halogens is 3.